The van der Waals surface area contributed by atoms with Gasteiger partial charge in [-0.1, -0.05) is 6.07 Å². The number of hydrogen-bond acceptors (Lipinski definition) is 5. The van der Waals surface area contributed by atoms with Crippen molar-refractivity contribution in [3.63, 3.8) is 0 Å². The van der Waals surface area contributed by atoms with Gasteiger partial charge in [-0.2, -0.15) is 4.31 Å². The molecule has 0 spiro atoms. The summed E-state index contributed by atoms with van der Waals surface area (Å²) in [5, 5.41) is 5.01. The van der Waals surface area contributed by atoms with Crippen molar-refractivity contribution in [3.05, 3.63) is 24.3 Å². The third kappa shape index (κ3) is 3.01. The van der Waals surface area contributed by atoms with Gasteiger partial charge in [0.15, 0.2) is 0 Å². The highest BCUT2D eigenvalue weighted by Crippen LogP contribution is 2.23. The Labute approximate surface area is 118 Å². The van der Waals surface area contributed by atoms with Crippen LogP contribution < -0.4 is 5.14 Å². The monoisotopic (exact) mass is 320 g/mol. The molecule has 0 aromatic heterocycles. The SMILES string of the molecule is COC1CCN(S(=O)(=O)c2cccc(S(N)(=O)=O)c2)C1. The highest BCUT2D eigenvalue weighted by molar-refractivity contribution is 7.90. The normalized spacial score (nSPS) is 21.2. The van der Waals surface area contributed by atoms with Gasteiger partial charge in [0.1, 0.15) is 0 Å². The molecule has 0 radical (unpaired) electrons. The largest absolute Gasteiger partial charge is 0.380 e. The minimum Gasteiger partial charge on any atom is -0.380 e. The number of ether oxygens (including phenoxy) is 1. The van der Waals surface area contributed by atoms with E-state index in [0.29, 0.717) is 13.0 Å². The Morgan fingerprint density at radius 1 is 1.25 bits per heavy atom. The summed E-state index contributed by atoms with van der Waals surface area (Å²) in [5.41, 5.74) is 0. The number of primary sulfonamides is 1. The Hall–Kier alpha value is -1.00. The molecule has 1 unspecified atom stereocenters. The summed E-state index contributed by atoms with van der Waals surface area (Å²) < 4.78 is 53.8. The van der Waals surface area contributed by atoms with E-state index in [4.69, 9.17) is 9.88 Å². The lowest BCUT2D eigenvalue weighted by Crippen LogP contribution is -2.30. The molecule has 20 heavy (non-hydrogen) atoms. The van der Waals surface area contributed by atoms with Crippen molar-refractivity contribution in [1.82, 2.24) is 4.31 Å². The predicted molar refractivity (Wildman–Crippen MR) is 72.0 cm³/mol. The highest BCUT2D eigenvalue weighted by atomic mass is 32.2. The van der Waals surface area contributed by atoms with E-state index in [1.807, 2.05) is 0 Å². The molecule has 1 aromatic rings. The summed E-state index contributed by atoms with van der Waals surface area (Å²) in [5.74, 6) is 0. The Morgan fingerprint density at radius 2 is 1.90 bits per heavy atom. The van der Waals surface area contributed by atoms with Crippen LogP contribution in [0.4, 0.5) is 0 Å². The second-order valence-corrected chi connectivity index (χ2v) is 8.03. The number of nitrogens with two attached hydrogens (primary N) is 1. The van der Waals surface area contributed by atoms with Crippen molar-refractivity contribution >= 4 is 20.0 Å². The molecule has 1 aliphatic heterocycles. The van der Waals surface area contributed by atoms with E-state index in [-0.39, 0.29) is 22.4 Å². The zero-order valence-electron chi connectivity index (χ0n) is 10.9. The molecule has 1 atom stereocenters. The fourth-order valence-corrected chi connectivity index (χ4v) is 4.24. The van der Waals surface area contributed by atoms with Gasteiger partial charge in [-0.25, -0.2) is 22.0 Å². The smallest absolute Gasteiger partial charge is 0.243 e. The summed E-state index contributed by atoms with van der Waals surface area (Å²) in [7, 11) is -6.13. The minimum atomic E-state index is -3.93. The van der Waals surface area contributed by atoms with E-state index in [2.05, 4.69) is 0 Å². The predicted octanol–water partition coefficient (Wildman–Crippen LogP) is -0.257. The maximum absolute atomic E-state index is 12.4. The van der Waals surface area contributed by atoms with Gasteiger partial charge < -0.3 is 4.74 Å². The van der Waals surface area contributed by atoms with Crippen molar-refractivity contribution in [2.75, 3.05) is 20.2 Å². The first kappa shape index (κ1) is 15.4. The standard InChI is InChI=1S/C11H16N2O5S2/c1-18-9-5-6-13(8-9)20(16,17)11-4-2-3-10(7-11)19(12,14)15/h2-4,7,9H,5-6,8H2,1H3,(H2,12,14,15). The van der Waals surface area contributed by atoms with Crippen LogP contribution in [0.25, 0.3) is 0 Å². The average Bonchev–Trinajstić information content (AvgIpc) is 2.87. The molecule has 1 saturated heterocycles. The Kier molecular flexibility index (Phi) is 4.17. The molecule has 1 aromatic carbocycles. The van der Waals surface area contributed by atoms with Crippen LogP contribution in [-0.4, -0.2) is 47.4 Å². The molecule has 9 heteroatoms. The molecule has 0 saturated carbocycles. The van der Waals surface area contributed by atoms with E-state index in [1.54, 1.807) is 0 Å². The average molecular weight is 320 g/mol. The van der Waals surface area contributed by atoms with Crippen LogP contribution in [0.5, 0.6) is 0 Å². The van der Waals surface area contributed by atoms with Gasteiger partial charge in [0, 0.05) is 20.2 Å². The zero-order chi connectivity index (χ0) is 15.0. The van der Waals surface area contributed by atoms with Crippen LogP contribution in [0.15, 0.2) is 34.1 Å². The molecular formula is C11H16N2O5S2. The van der Waals surface area contributed by atoms with E-state index in [9.17, 15) is 16.8 Å². The first-order valence-electron chi connectivity index (χ1n) is 5.91. The molecule has 0 aliphatic carbocycles. The lowest BCUT2D eigenvalue weighted by molar-refractivity contribution is 0.115. The number of sulfonamides is 2. The van der Waals surface area contributed by atoms with Crippen molar-refractivity contribution in [3.8, 4) is 0 Å². The van der Waals surface area contributed by atoms with Crippen LogP contribution in [0, 0.1) is 0 Å². The van der Waals surface area contributed by atoms with Crippen molar-refractivity contribution in [1.29, 1.82) is 0 Å². The number of benzene rings is 1. The van der Waals surface area contributed by atoms with Gasteiger partial charge in [0.25, 0.3) is 0 Å². The summed E-state index contributed by atoms with van der Waals surface area (Å²) >= 11 is 0. The first-order chi connectivity index (χ1) is 9.25. The minimum absolute atomic E-state index is 0.0826. The quantitative estimate of drug-likeness (QED) is 0.823. The summed E-state index contributed by atoms with van der Waals surface area (Å²) in [6.45, 7) is 0.610. The highest BCUT2D eigenvalue weighted by Gasteiger charge is 2.32. The lowest BCUT2D eigenvalue weighted by atomic mass is 10.3. The lowest BCUT2D eigenvalue weighted by Gasteiger charge is -2.16. The summed E-state index contributed by atoms with van der Waals surface area (Å²) in [6.07, 6.45) is 0.483. The van der Waals surface area contributed by atoms with Gasteiger partial charge in [-0.05, 0) is 24.6 Å². The van der Waals surface area contributed by atoms with E-state index in [1.165, 1.54) is 29.6 Å². The molecule has 1 aliphatic rings. The Morgan fingerprint density at radius 3 is 2.45 bits per heavy atom. The molecule has 112 valence electrons. The maximum atomic E-state index is 12.4. The molecule has 1 heterocycles. The van der Waals surface area contributed by atoms with Crippen LogP contribution in [0.1, 0.15) is 6.42 Å². The van der Waals surface area contributed by atoms with Gasteiger partial charge >= 0.3 is 0 Å². The Bertz CT molecular complexity index is 699. The van der Waals surface area contributed by atoms with Crippen molar-refractivity contribution < 1.29 is 21.6 Å². The third-order valence-corrected chi connectivity index (χ3v) is 5.99. The maximum Gasteiger partial charge on any atom is 0.243 e. The van der Waals surface area contributed by atoms with Crippen LogP contribution in [-0.2, 0) is 24.8 Å². The summed E-state index contributed by atoms with van der Waals surface area (Å²) in [4.78, 5) is -0.304. The number of methoxy groups -OCH3 is 1. The van der Waals surface area contributed by atoms with Gasteiger partial charge in [0.05, 0.1) is 15.9 Å². The second-order valence-electron chi connectivity index (χ2n) is 4.53. The zero-order valence-corrected chi connectivity index (χ0v) is 12.5. The fourth-order valence-electron chi connectivity index (χ4n) is 2.07. The Balaban J connectivity index is 2.36. The first-order valence-corrected chi connectivity index (χ1v) is 8.89. The molecular weight excluding hydrogens is 304 g/mol. The van der Waals surface area contributed by atoms with E-state index in [0.717, 1.165) is 6.07 Å². The molecule has 2 N–H and O–H groups in total. The van der Waals surface area contributed by atoms with Gasteiger partial charge in [-0.3, -0.25) is 0 Å². The van der Waals surface area contributed by atoms with Crippen molar-refractivity contribution in [2.45, 2.75) is 22.3 Å². The van der Waals surface area contributed by atoms with E-state index < -0.39 is 20.0 Å². The number of nitrogens with zero attached hydrogens (tertiary/aromatic N) is 1. The number of rotatable bonds is 4. The molecule has 2 rings (SSSR count). The van der Waals surface area contributed by atoms with Crippen LogP contribution >= 0.6 is 0 Å². The van der Waals surface area contributed by atoms with Gasteiger partial charge in [-0.15, -0.1) is 0 Å². The number of hydrogen-bond donors (Lipinski definition) is 1. The molecule has 0 bridgehead atoms. The van der Waals surface area contributed by atoms with Gasteiger partial charge in [0.2, 0.25) is 20.0 Å². The second kappa shape index (κ2) is 5.41. The van der Waals surface area contributed by atoms with Crippen LogP contribution in [0.3, 0.4) is 0 Å². The topological polar surface area (TPSA) is 107 Å². The van der Waals surface area contributed by atoms with E-state index >= 15 is 0 Å². The van der Waals surface area contributed by atoms with Crippen LogP contribution in [0.2, 0.25) is 0 Å². The molecule has 1 fully saturated rings. The summed E-state index contributed by atoms with van der Waals surface area (Å²) in [6, 6.07) is 5.04. The van der Waals surface area contributed by atoms with Crippen molar-refractivity contribution in [2.24, 2.45) is 5.14 Å². The molecule has 7 nitrogen and oxygen atoms in total. The fraction of sp³-hybridized carbons (Fsp3) is 0.455. The third-order valence-electron chi connectivity index (χ3n) is 3.21. The molecule has 0 amide bonds.